The summed E-state index contributed by atoms with van der Waals surface area (Å²) >= 11 is 0. The highest BCUT2D eigenvalue weighted by Crippen LogP contribution is 2.48. The maximum atomic E-state index is 13.4. The van der Waals surface area contributed by atoms with E-state index in [-0.39, 0.29) is 30.5 Å². The van der Waals surface area contributed by atoms with Crippen LogP contribution in [-0.2, 0) is 9.59 Å². The number of hydrogen-bond donors (Lipinski definition) is 1. The molecule has 2 aromatic carbocycles. The second-order valence-corrected chi connectivity index (χ2v) is 7.80. The monoisotopic (exact) mass is 396 g/mol. The molecule has 6 nitrogen and oxygen atoms in total. The topological polar surface area (TPSA) is 67.9 Å². The largest absolute Gasteiger partial charge is 0.454 e. The smallest absolute Gasteiger partial charge is 0.250 e. The lowest BCUT2D eigenvalue weighted by molar-refractivity contribution is -0.163. The predicted molar refractivity (Wildman–Crippen MR) is 103 cm³/mol. The summed E-state index contributed by atoms with van der Waals surface area (Å²) in [6.07, 6.45) is 3.34. The number of anilines is 1. The van der Waals surface area contributed by atoms with E-state index in [0.29, 0.717) is 36.4 Å². The Hall–Kier alpha value is -3.09. The molecule has 1 N–H and O–H groups in total. The van der Waals surface area contributed by atoms with Gasteiger partial charge in [-0.15, -0.1) is 0 Å². The summed E-state index contributed by atoms with van der Waals surface area (Å²) in [5, 5.41) is 2.98. The van der Waals surface area contributed by atoms with Gasteiger partial charge in [-0.05, 0) is 42.7 Å². The van der Waals surface area contributed by atoms with Crippen molar-refractivity contribution in [2.45, 2.75) is 43.7 Å². The maximum Gasteiger partial charge on any atom is 0.250 e. The van der Waals surface area contributed by atoms with Crippen LogP contribution >= 0.6 is 0 Å². The second kappa shape index (κ2) is 6.76. The highest BCUT2D eigenvalue weighted by atomic mass is 19.1. The first-order valence-corrected chi connectivity index (χ1v) is 9.86. The fraction of sp³-hybridized carbons (Fsp3) is 0.364. The lowest BCUT2D eigenvalue weighted by Crippen LogP contribution is -2.64. The van der Waals surface area contributed by atoms with Crippen LogP contribution in [0, 0.1) is 5.82 Å². The van der Waals surface area contributed by atoms with Crippen molar-refractivity contribution in [2.75, 3.05) is 12.1 Å². The van der Waals surface area contributed by atoms with Crippen molar-refractivity contribution < 1.29 is 23.5 Å². The Balaban J connectivity index is 1.42. The minimum atomic E-state index is -0.884. The third kappa shape index (κ3) is 2.92. The summed E-state index contributed by atoms with van der Waals surface area (Å²) in [5.74, 6) is 0.693. The number of ether oxygens (including phenoxy) is 2. The summed E-state index contributed by atoms with van der Waals surface area (Å²) in [6.45, 7) is 0.165. The Morgan fingerprint density at radius 2 is 1.79 bits per heavy atom. The maximum absolute atomic E-state index is 13.4. The number of rotatable bonds is 4. The number of likely N-dealkylation sites (tertiary alicyclic amines) is 1. The molecule has 1 aliphatic carbocycles. The third-order valence-electron chi connectivity index (χ3n) is 6.15. The van der Waals surface area contributed by atoms with Gasteiger partial charge in [0.2, 0.25) is 18.6 Å². The number of benzene rings is 2. The number of β-lactam (4-membered cyclic amide) rings is 1. The van der Waals surface area contributed by atoms with E-state index in [0.717, 1.165) is 18.4 Å². The summed E-state index contributed by atoms with van der Waals surface area (Å²) in [5.41, 5.74) is 0.579. The fourth-order valence-electron chi connectivity index (χ4n) is 4.66. The number of hydrogen-bond acceptors (Lipinski definition) is 4. The van der Waals surface area contributed by atoms with Crippen LogP contribution in [0.15, 0.2) is 42.5 Å². The zero-order chi connectivity index (χ0) is 20.0. The van der Waals surface area contributed by atoms with Crippen molar-refractivity contribution in [3.63, 3.8) is 0 Å². The normalized spacial score (nSPS) is 21.8. The molecule has 2 aliphatic heterocycles. The minimum absolute atomic E-state index is 0.0398. The standard InChI is InChI=1S/C22H21FN2O4/c23-15-5-3-14(4-6-15)17-12-20(26)25(17)22(9-1-2-10-22)21(27)24-16-7-8-18-19(11-16)29-13-28-18/h3-8,11,17H,1-2,9-10,12-13H2,(H,24,27). The van der Waals surface area contributed by atoms with E-state index >= 15 is 0 Å². The molecule has 29 heavy (non-hydrogen) atoms. The Kier molecular flexibility index (Phi) is 4.19. The van der Waals surface area contributed by atoms with Crippen LogP contribution in [0.4, 0.5) is 10.1 Å². The van der Waals surface area contributed by atoms with Gasteiger partial charge < -0.3 is 19.7 Å². The van der Waals surface area contributed by atoms with Crippen LogP contribution in [0.5, 0.6) is 11.5 Å². The minimum Gasteiger partial charge on any atom is -0.454 e. The van der Waals surface area contributed by atoms with Gasteiger partial charge in [0, 0.05) is 11.8 Å². The lowest BCUT2D eigenvalue weighted by Gasteiger charge is -2.51. The average Bonchev–Trinajstić information content (AvgIpc) is 3.37. The SMILES string of the molecule is O=C1CC(c2ccc(F)cc2)N1C1(C(=O)Nc2ccc3c(c2)OCO3)CCCC1. The molecule has 0 spiro atoms. The van der Waals surface area contributed by atoms with Gasteiger partial charge >= 0.3 is 0 Å². The van der Waals surface area contributed by atoms with Gasteiger partial charge in [-0.2, -0.15) is 0 Å². The number of carbonyl (C=O) groups excluding carboxylic acids is 2. The number of halogens is 1. The molecule has 1 atom stereocenters. The van der Waals surface area contributed by atoms with E-state index in [1.54, 1.807) is 35.2 Å². The van der Waals surface area contributed by atoms with Gasteiger partial charge in [0.1, 0.15) is 11.4 Å². The summed E-state index contributed by atoms with van der Waals surface area (Å²) in [7, 11) is 0. The lowest BCUT2D eigenvalue weighted by atomic mass is 9.83. The first-order chi connectivity index (χ1) is 14.1. The van der Waals surface area contributed by atoms with Crippen LogP contribution in [0.2, 0.25) is 0 Å². The molecular formula is C22H21FN2O4. The Bertz CT molecular complexity index is 969. The highest BCUT2D eigenvalue weighted by Gasteiger charge is 2.55. The molecule has 0 aromatic heterocycles. The van der Waals surface area contributed by atoms with Gasteiger partial charge in [-0.25, -0.2) is 4.39 Å². The van der Waals surface area contributed by atoms with Crippen molar-refractivity contribution in [3.8, 4) is 11.5 Å². The quantitative estimate of drug-likeness (QED) is 0.799. The Labute approximate surface area is 167 Å². The molecule has 150 valence electrons. The molecule has 0 radical (unpaired) electrons. The summed E-state index contributed by atoms with van der Waals surface area (Å²) < 4.78 is 24.0. The predicted octanol–water partition coefficient (Wildman–Crippen LogP) is 3.78. The average molecular weight is 396 g/mol. The third-order valence-corrected chi connectivity index (χ3v) is 6.15. The molecule has 2 fully saturated rings. The number of nitrogens with one attached hydrogen (secondary N) is 1. The molecule has 2 aromatic rings. The van der Waals surface area contributed by atoms with Gasteiger partial charge in [-0.3, -0.25) is 9.59 Å². The van der Waals surface area contributed by atoms with Crippen molar-refractivity contribution in [1.82, 2.24) is 4.90 Å². The summed E-state index contributed by atoms with van der Waals surface area (Å²) in [6, 6.07) is 11.2. The molecule has 1 saturated carbocycles. The van der Waals surface area contributed by atoms with Crippen LogP contribution in [0.25, 0.3) is 0 Å². The van der Waals surface area contributed by atoms with E-state index < -0.39 is 5.54 Å². The molecule has 0 bridgehead atoms. The van der Waals surface area contributed by atoms with Crippen LogP contribution < -0.4 is 14.8 Å². The number of nitrogens with zero attached hydrogens (tertiary/aromatic N) is 1. The molecule has 7 heteroatoms. The van der Waals surface area contributed by atoms with Crippen molar-refractivity contribution in [2.24, 2.45) is 0 Å². The van der Waals surface area contributed by atoms with Gasteiger partial charge in [0.25, 0.3) is 0 Å². The van der Waals surface area contributed by atoms with E-state index in [4.69, 9.17) is 9.47 Å². The molecule has 3 aliphatic rings. The highest BCUT2D eigenvalue weighted by molar-refractivity contribution is 6.02. The first-order valence-electron chi connectivity index (χ1n) is 9.86. The Morgan fingerprint density at radius 3 is 2.52 bits per heavy atom. The van der Waals surface area contributed by atoms with Gasteiger partial charge in [-0.1, -0.05) is 25.0 Å². The molecule has 1 saturated heterocycles. The van der Waals surface area contributed by atoms with Crippen LogP contribution in [0.3, 0.4) is 0 Å². The van der Waals surface area contributed by atoms with Crippen molar-refractivity contribution in [3.05, 3.63) is 53.8 Å². The van der Waals surface area contributed by atoms with Crippen molar-refractivity contribution >= 4 is 17.5 Å². The molecule has 1 unspecified atom stereocenters. The van der Waals surface area contributed by atoms with E-state index in [1.165, 1.54) is 12.1 Å². The van der Waals surface area contributed by atoms with Gasteiger partial charge in [0.15, 0.2) is 11.5 Å². The Morgan fingerprint density at radius 1 is 1.07 bits per heavy atom. The molecule has 2 amide bonds. The van der Waals surface area contributed by atoms with Gasteiger partial charge in [0.05, 0.1) is 12.5 Å². The van der Waals surface area contributed by atoms with Crippen molar-refractivity contribution in [1.29, 1.82) is 0 Å². The summed E-state index contributed by atoms with van der Waals surface area (Å²) in [4.78, 5) is 27.7. The zero-order valence-corrected chi connectivity index (χ0v) is 15.8. The molecule has 2 heterocycles. The second-order valence-electron chi connectivity index (χ2n) is 7.80. The fourth-order valence-corrected chi connectivity index (χ4v) is 4.66. The van der Waals surface area contributed by atoms with E-state index in [9.17, 15) is 14.0 Å². The number of fused-ring (bicyclic) bond motifs is 1. The first kappa shape index (κ1) is 18.0. The van der Waals surface area contributed by atoms with E-state index in [2.05, 4.69) is 5.32 Å². The molecular weight excluding hydrogens is 375 g/mol. The zero-order valence-electron chi connectivity index (χ0n) is 15.8. The number of amides is 2. The molecule has 5 rings (SSSR count). The van der Waals surface area contributed by atoms with E-state index in [1.807, 2.05) is 0 Å². The van der Waals surface area contributed by atoms with Crippen LogP contribution in [-0.4, -0.2) is 29.0 Å². The number of carbonyl (C=O) groups is 2. The van der Waals surface area contributed by atoms with Crippen LogP contribution in [0.1, 0.15) is 43.7 Å².